The number of hydrogen-bond acceptors (Lipinski definition) is 6. The minimum absolute atomic E-state index is 0.0229. The standard InChI is InChI=1S/C21H19BrN2O6/c1-3-29-17-10-13(16(22)11-18(17)30-12-19(25)28-2)9-15-20(26)23-24(21(15)27)14-7-5-4-6-8-14/h4-11H,3,12H2,1-2H3,(H,23,26). The lowest BCUT2D eigenvalue weighted by Crippen LogP contribution is -2.35. The molecule has 1 aliphatic rings. The van der Waals surface area contributed by atoms with Gasteiger partial charge in [0.25, 0.3) is 11.8 Å². The SMILES string of the molecule is CCOc1cc(C=C2C(=O)NN(c3ccccc3)C2=O)c(Br)cc1OCC(=O)OC. The van der Waals surface area contributed by atoms with Crippen molar-refractivity contribution in [3.63, 3.8) is 0 Å². The number of hydrogen-bond donors (Lipinski definition) is 1. The largest absolute Gasteiger partial charge is 0.490 e. The van der Waals surface area contributed by atoms with Crippen LogP contribution in [0.3, 0.4) is 0 Å². The van der Waals surface area contributed by atoms with Gasteiger partial charge < -0.3 is 14.2 Å². The number of halogens is 1. The van der Waals surface area contributed by atoms with Gasteiger partial charge in [0.2, 0.25) is 0 Å². The molecule has 1 heterocycles. The highest BCUT2D eigenvalue weighted by Crippen LogP contribution is 2.35. The molecule has 0 unspecified atom stereocenters. The summed E-state index contributed by atoms with van der Waals surface area (Å²) in [5, 5.41) is 1.19. The molecule has 1 N–H and O–H groups in total. The van der Waals surface area contributed by atoms with Crippen LogP contribution in [-0.2, 0) is 19.1 Å². The molecule has 0 atom stereocenters. The van der Waals surface area contributed by atoms with E-state index in [4.69, 9.17) is 9.47 Å². The number of nitrogens with zero attached hydrogens (tertiary/aromatic N) is 1. The molecule has 8 nitrogen and oxygen atoms in total. The predicted molar refractivity (Wildman–Crippen MR) is 113 cm³/mol. The Bertz CT molecular complexity index is 1010. The van der Waals surface area contributed by atoms with Crippen LogP contribution < -0.4 is 19.9 Å². The van der Waals surface area contributed by atoms with Crippen LogP contribution in [0, 0.1) is 0 Å². The van der Waals surface area contributed by atoms with Crippen LogP contribution in [0.2, 0.25) is 0 Å². The maximum atomic E-state index is 12.8. The molecular formula is C21H19BrN2O6. The monoisotopic (exact) mass is 474 g/mol. The second-order valence-corrected chi connectivity index (χ2v) is 6.95. The highest BCUT2D eigenvalue weighted by Gasteiger charge is 2.34. The van der Waals surface area contributed by atoms with Gasteiger partial charge >= 0.3 is 5.97 Å². The quantitative estimate of drug-likeness (QED) is 0.376. The van der Waals surface area contributed by atoms with Crippen molar-refractivity contribution in [1.29, 1.82) is 0 Å². The number of para-hydroxylation sites is 1. The highest BCUT2D eigenvalue weighted by molar-refractivity contribution is 9.10. The van der Waals surface area contributed by atoms with Crippen molar-refractivity contribution in [3.8, 4) is 11.5 Å². The smallest absolute Gasteiger partial charge is 0.343 e. The molecule has 2 aromatic rings. The van der Waals surface area contributed by atoms with Gasteiger partial charge in [-0.2, -0.15) is 0 Å². The van der Waals surface area contributed by atoms with Crippen molar-refractivity contribution >= 4 is 45.5 Å². The summed E-state index contributed by atoms with van der Waals surface area (Å²) in [5.74, 6) is -0.831. The molecule has 156 valence electrons. The van der Waals surface area contributed by atoms with Crippen LogP contribution in [0.25, 0.3) is 6.08 Å². The van der Waals surface area contributed by atoms with Crippen molar-refractivity contribution in [2.45, 2.75) is 6.92 Å². The Morgan fingerprint density at radius 1 is 1.13 bits per heavy atom. The molecule has 0 saturated carbocycles. The number of rotatable bonds is 7. The van der Waals surface area contributed by atoms with Gasteiger partial charge in [-0.15, -0.1) is 0 Å². The van der Waals surface area contributed by atoms with E-state index in [9.17, 15) is 14.4 Å². The van der Waals surface area contributed by atoms with E-state index < -0.39 is 17.8 Å². The average Bonchev–Trinajstić information content (AvgIpc) is 3.03. The Labute approximate surface area is 181 Å². The predicted octanol–water partition coefficient (Wildman–Crippen LogP) is 2.86. The van der Waals surface area contributed by atoms with E-state index in [0.717, 1.165) is 0 Å². The van der Waals surface area contributed by atoms with Gasteiger partial charge in [0, 0.05) is 4.47 Å². The Kier molecular flexibility index (Phi) is 6.73. The Morgan fingerprint density at radius 2 is 1.83 bits per heavy atom. The molecule has 3 rings (SSSR count). The van der Waals surface area contributed by atoms with Crippen LogP contribution in [0.4, 0.5) is 5.69 Å². The van der Waals surface area contributed by atoms with E-state index >= 15 is 0 Å². The third-order valence-electron chi connectivity index (χ3n) is 4.14. The molecule has 1 fully saturated rings. The van der Waals surface area contributed by atoms with Gasteiger partial charge in [-0.3, -0.25) is 15.0 Å². The van der Waals surface area contributed by atoms with E-state index in [1.165, 1.54) is 18.2 Å². The minimum atomic E-state index is -0.533. The van der Waals surface area contributed by atoms with Crippen molar-refractivity contribution in [2.24, 2.45) is 0 Å². The molecule has 0 aromatic heterocycles. The average molecular weight is 475 g/mol. The van der Waals surface area contributed by atoms with Gasteiger partial charge in [-0.05, 0) is 42.8 Å². The molecule has 30 heavy (non-hydrogen) atoms. The first-order chi connectivity index (χ1) is 14.4. The van der Waals surface area contributed by atoms with Crippen molar-refractivity contribution < 1.29 is 28.6 Å². The lowest BCUT2D eigenvalue weighted by molar-refractivity contribution is -0.143. The number of anilines is 1. The molecule has 0 radical (unpaired) electrons. The topological polar surface area (TPSA) is 94.2 Å². The Hall–Kier alpha value is -3.33. The third kappa shape index (κ3) is 4.62. The maximum absolute atomic E-state index is 12.8. The number of ether oxygens (including phenoxy) is 3. The first-order valence-electron chi connectivity index (χ1n) is 9.02. The normalized spacial score (nSPS) is 14.6. The molecular weight excluding hydrogens is 456 g/mol. The zero-order chi connectivity index (χ0) is 21.7. The third-order valence-corrected chi connectivity index (χ3v) is 4.83. The lowest BCUT2D eigenvalue weighted by Gasteiger charge is -2.14. The van der Waals surface area contributed by atoms with E-state index in [0.29, 0.717) is 33.8 Å². The van der Waals surface area contributed by atoms with Gasteiger partial charge in [-0.25, -0.2) is 9.80 Å². The molecule has 0 spiro atoms. The van der Waals surface area contributed by atoms with Crippen LogP contribution in [0.1, 0.15) is 12.5 Å². The molecule has 0 bridgehead atoms. The van der Waals surface area contributed by atoms with Crippen LogP contribution in [0.15, 0.2) is 52.5 Å². The maximum Gasteiger partial charge on any atom is 0.343 e. The minimum Gasteiger partial charge on any atom is -0.490 e. The summed E-state index contributed by atoms with van der Waals surface area (Å²) >= 11 is 3.41. The van der Waals surface area contributed by atoms with E-state index in [2.05, 4.69) is 26.1 Å². The summed E-state index contributed by atoms with van der Waals surface area (Å²) in [6.07, 6.45) is 1.47. The Morgan fingerprint density at radius 3 is 2.50 bits per heavy atom. The molecule has 2 aromatic carbocycles. The summed E-state index contributed by atoms with van der Waals surface area (Å²) < 4.78 is 16.2. The van der Waals surface area contributed by atoms with Crippen LogP contribution in [0.5, 0.6) is 11.5 Å². The number of benzene rings is 2. The first-order valence-corrected chi connectivity index (χ1v) is 9.82. The molecule has 1 aliphatic heterocycles. The fourth-order valence-electron chi connectivity index (χ4n) is 2.71. The second-order valence-electron chi connectivity index (χ2n) is 6.09. The first kappa shape index (κ1) is 21.4. The zero-order valence-electron chi connectivity index (χ0n) is 16.3. The Balaban J connectivity index is 1.92. The summed E-state index contributed by atoms with van der Waals surface area (Å²) in [4.78, 5) is 36.5. The number of amides is 2. The van der Waals surface area contributed by atoms with E-state index in [-0.39, 0.29) is 12.2 Å². The van der Waals surface area contributed by atoms with Gasteiger partial charge in [0.1, 0.15) is 5.57 Å². The number of esters is 1. The summed E-state index contributed by atoms with van der Waals surface area (Å²) in [5.41, 5.74) is 3.63. The van der Waals surface area contributed by atoms with Gasteiger partial charge in [-0.1, -0.05) is 34.1 Å². The van der Waals surface area contributed by atoms with Crippen LogP contribution in [-0.4, -0.2) is 38.1 Å². The number of carbonyl (C=O) groups is 3. The zero-order valence-corrected chi connectivity index (χ0v) is 17.9. The fourth-order valence-corrected chi connectivity index (χ4v) is 3.15. The number of carbonyl (C=O) groups excluding carboxylic acids is 3. The van der Waals surface area contributed by atoms with Crippen molar-refractivity contribution in [2.75, 3.05) is 25.3 Å². The van der Waals surface area contributed by atoms with Gasteiger partial charge in [0.05, 0.1) is 19.4 Å². The van der Waals surface area contributed by atoms with Crippen molar-refractivity contribution in [1.82, 2.24) is 5.43 Å². The summed E-state index contributed by atoms with van der Waals surface area (Å²) in [6, 6.07) is 12.0. The molecule has 0 aliphatic carbocycles. The van der Waals surface area contributed by atoms with Crippen molar-refractivity contribution in [3.05, 3.63) is 58.1 Å². The van der Waals surface area contributed by atoms with E-state index in [1.807, 2.05) is 6.07 Å². The van der Waals surface area contributed by atoms with Gasteiger partial charge in [0.15, 0.2) is 18.1 Å². The summed E-state index contributed by atoms with van der Waals surface area (Å²) in [7, 11) is 1.27. The number of methoxy groups -OCH3 is 1. The molecule has 1 saturated heterocycles. The highest BCUT2D eigenvalue weighted by atomic mass is 79.9. The number of hydrazine groups is 1. The second kappa shape index (κ2) is 9.45. The number of nitrogens with one attached hydrogen (secondary N) is 1. The molecule has 9 heteroatoms. The lowest BCUT2D eigenvalue weighted by atomic mass is 10.1. The van der Waals surface area contributed by atoms with Crippen LogP contribution >= 0.6 is 15.9 Å². The fraction of sp³-hybridized carbons (Fsp3) is 0.190. The molecule has 2 amide bonds. The van der Waals surface area contributed by atoms with E-state index in [1.54, 1.807) is 43.3 Å². The summed E-state index contributed by atoms with van der Waals surface area (Å²) in [6.45, 7) is 1.87.